The minimum absolute atomic E-state index is 0.190. The van der Waals surface area contributed by atoms with Crippen molar-refractivity contribution in [2.24, 2.45) is 11.7 Å². The maximum atomic E-state index is 13.4. The second kappa shape index (κ2) is 3.17. The molecule has 0 unspecified atom stereocenters. The number of hydrogen-bond acceptors (Lipinski definition) is 2. The first-order valence-corrected chi connectivity index (χ1v) is 5.58. The van der Waals surface area contributed by atoms with Gasteiger partial charge in [-0.25, -0.2) is 4.39 Å². The van der Waals surface area contributed by atoms with Gasteiger partial charge >= 0.3 is 0 Å². The largest absolute Gasteiger partial charge is 0.325 e. The van der Waals surface area contributed by atoms with Crippen LogP contribution < -0.4 is 5.73 Å². The second-order valence-corrected chi connectivity index (χ2v) is 5.58. The Labute approximate surface area is 85.6 Å². The highest BCUT2D eigenvalue weighted by atomic mass is 19.1. The van der Waals surface area contributed by atoms with Crippen molar-refractivity contribution in [3.05, 3.63) is 0 Å². The Balaban J connectivity index is 1.91. The van der Waals surface area contributed by atoms with Crippen LogP contribution in [0.25, 0.3) is 0 Å². The number of nitrogens with two attached hydrogens (primary N) is 1. The molecule has 2 rings (SSSR count). The van der Waals surface area contributed by atoms with Gasteiger partial charge in [-0.05, 0) is 58.7 Å². The van der Waals surface area contributed by atoms with Gasteiger partial charge in [-0.1, -0.05) is 0 Å². The summed E-state index contributed by atoms with van der Waals surface area (Å²) in [5, 5.41) is 0. The van der Waals surface area contributed by atoms with E-state index in [2.05, 4.69) is 11.9 Å². The quantitative estimate of drug-likeness (QED) is 0.696. The second-order valence-electron chi connectivity index (χ2n) is 5.58. The van der Waals surface area contributed by atoms with Gasteiger partial charge in [0.1, 0.15) is 5.67 Å². The summed E-state index contributed by atoms with van der Waals surface area (Å²) in [7, 11) is 2.14. The fourth-order valence-electron chi connectivity index (χ4n) is 3.19. The first kappa shape index (κ1) is 10.4. The molecule has 2 N–H and O–H groups in total. The van der Waals surface area contributed by atoms with Gasteiger partial charge in [0.25, 0.3) is 0 Å². The van der Waals surface area contributed by atoms with Crippen molar-refractivity contribution < 1.29 is 4.39 Å². The maximum Gasteiger partial charge on any atom is 0.111 e. The molecule has 0 amide bonds. The van der Waals surface area contributed by atoms with E-state index in [0.29, 0.717) is 18.8 Å². The van der Waals surface area contributed by atoms with Crippen LogP contribution in [0.3, 0.4) is 0 Å². The lowest BCUT2D eigenvalue weighted by atomic mass is 9.59. The SMILES string of the molecule is CN1CCC(C2(N)CC(C)(F)C2)CC1. The Morgan fingerprint density at radius 2 is 1.79 bits per heavy atom. The summed E-state index contributed by atoms with van der Waals surface area (Å²) < 4.78 is 13.4. The minimum Gasteiger partial charge on any atom is -0.325 e. The first-order chi connectivity index (χ1) is 6.41. The molecule has 0 aromatic carbocycles. The Kier molecular flexibility index (Phi) is 2.35. The van der Waals surface area contributed by atoms with Crippen LogP contribution in [0.2, 0.25) is 0 Å². The number of likely N-dealkylation sites (tertiary alicyclic amines) is 1. The average molecular weight is 200 g/mol. The number of rotatable bonds is 1. The van der Waals surface area contributed by atoms with E-state index < -0.39 is 5.67 Å². The molecule has 1 aliphatic carbocycles. The predicted molar refractivity (Wildman–Crippen MR) is 55.9 cm³/mol. The van der Waals surface area contributed by atoms with Crippen molar-refractivity contribution in [2.45, 2.75) is 43.8 Å². The lowest BCUT2D eigenvalue weighted by Gasteiger charge is -2.53. The number of nitrogens with zero attached hydrogens (tertiary/aromatic N) is 1. The minimum atomic E-state index is -0.988. The van der Waals surface area contributed by atoms with Crippen molar-refractivity contribution in [3.63, 3.8) is 0 Å². The number of hydrogen-bond donors (Lipinski definition) is 1. The highest BCUT2D eigenvalue weighted by molar-refractivity contribution is 5.10. The molecule has 1 aliphatic heterocycles. The van der Waals surface area contributed by atoms with Crippen LogP contribution >= 0.6 is 0 Å². The van der Waals surface area contributed by atoms with Crippen LogP contribution in [0.4, 0.5) is 4.39 Å². The van der Waals surface area contributed by atoms with E-state index in [4.69, 9.17) is 5.73 Å². The Hall–Kier alpha value is -0.150. The molecule has 0 radical (unpaired) electrons. The van der Waals surface area contributed by atoms with Crippen molar-refractivity contribution in [3.8, 4) is 0 Å². The van der Waals surface area contributed by atoms with Gasteiger partial charge in [0, 0.05) is 5.54 Å². The lowest BCUT2D eigenvalue weighted by Crippen LogP contribution is -2.64. The highest BCUT2D eigenvalue weighted by Gasteiger charge is 2.54. The molecule has 2 nitrogen and oxygen atoms in total. The van der Waals surface area contributed by atoms with Crippen LogP contribution in [-0.2, 0) is 0 Å². The summed E-state index contributed by atoms with van der Waals surface area (Å²) in [5.41, 5.74) is 5.06. The summed E-state index contributed by atoms with van der Waals surface area (Å²) in [4.78, 5) is 2.33. The topological polar surface area (TPSA) is 29.3 Å². The van der Waals surface area contributed by atoms with Gasteiger partial charge < -0.3 is 10.6 Å². The zero-order chi connectivity index (χ0) is 10.4. The predicted octanol–water partition coefficient (Wildman–Crippen LogP) is 1.55. The van der Waals surface area contributed by atoms with E-state index in [1.807, 2.05) is 0 Å². The van der Waals surface area contributed by atoms with Crippen LogP contribution in [0, 0.1) is 5.92 Å². The molecule has 2 aliphatic rings. The van der Waals surface area contributed by atoms with Crippen LogP contribution in [0.15, 0.2) is 0 Å². The first-order valence-electron chi connectivity index (χ1n) is 5.58. The third-order valence-electron chi connectivity index (χ3n) is 3.93. The fourth-order valence-corrected chi connectivity index (χ4v) is 3.19. The molecule has 0 spiro atoms. The standard InChI is InChI=1S/C11H21FN2/c1-10(12)7-11(13,8-10)9-3-5-14(2)6-4-9/h9H,3-8,13H2,1-2H3. The highest BCUT2D eigenvalue weighted by Crippen LogP contribution is 2.48. The third kappa shape index (κ3) is 1.80. The molecule has 0 aromatic rings. The number of alkyl halides is 1. The van der Waals surface area contributed by atoms with Gasteiger partial charge in [-0.2, -0.15) is 0 Å². The molecular formula is C11H21FN2. The van der Waals surface area contributed by atoms with E-state index >= 15 is 0 Å². The third-order valence-corrected chi connectivity index (χ3v) is 3.93. The van der Waals surface area contributed by atoms with E-state index in [9.17, 15) is 4.39 Å². The molecule has 1 saturated heterocycles. The van der Waals surface area contributed by atoms with Crippen LogP contribution in [0.5, 0.6) is 0 Å². The normalized spacial score (nSPS) is 46.3. The van der Waals surface area contributed by atoms with Crippen molar-refractivity contribution in [2.75, 3.05) is 20.1 Å². The summed E-state index contributed by atoms with van der Waals surface area (Å²) >= 11 is 0. The maximum absolute atomic E-state index is 13.4. The molecule has 0 bridgehead atoms. The Bertz CT molecular complexity index is 211. The van der Waals surface area contributed by atoms with Gasteiger partial charge in [0.05, 0.1) is 0 Å². The lowest BCUT2D eigenvalue weighted by molar-refractivity contribution is -0.0420. The molecule has 82 valence electrons. The number of piperidine rings is 1. The van der Waals surface area contributed by atoms with Gasteiger partial charge in [0.15, 0.2) is 0 Å². The van der Waals surface area contributed by atoms with Crippen LogP contribution in [-0.4, -0.2) is 36.2 Å². The summed E-state index contributed by atoms with van der Waals surface area (Å²) in [6, 6.07) is 0. The van der Waals surface area contributed by atoms with Crippen molar-refractivity contribution in [1.29, 1.82) is 0 Å². The molecule has 1 saturated carbocycles. The smallest absolute Gasteiger partial charge is 0.111 e. The molecule has 2 fully saturated rings. The van der Waals surface area contributed by atoms with Crippen LogP contribution in [0.1, 0.15) is 32.6 Å². The average Bonchev–Trinajstić information content (AvgIpc) is 2.01. The molecule has 1 heterocycles. The molecular weight excluding hydrogens is 179 g/mol. The van der Waals surface area contributed by atoms with E-state index in [1.54, 1.807) is 6.92 Å². The van der Waals surface area contributed by atoms with Gasteiger partial charge in [0.2, 0.25) is 0 Å². The molecule has 14 heavy (non-hydrogen) atoms. The molecule has 0 atom stereocenters. The Morgan fingerprint density at radius 1 is 1.29 bits per heavy atom. The zero-order valence-electron chi connectivity index (χ0n) is 9.22. The van der Waals surface area contributed by atoms with Gasteiger partial charge in [-0.3, -0.25) is 0 Å². The van der Waals surface area contributed by atoms with Crippen molar-refractivity contribution >= 4 is 0 Å². The van der Waals surface area contributed by atoms with E-state index in [1.165, 1.54) is 0 Å². The number of halogens is 1. The van der Waals surface area contributed by atoms with Crippen molar-refractivity contribution in [1.82, 2.24) is 4.90 Å². The summed E-state index contributed by atoms with van der Waals surface area (Å²) in [6.45, 7) is 3.91. The molecule has 3 heteroatoms. The Morgan fingerprint density at radius 3 is 2.21 bits per heavy atom. The zero-order valence-corrected chi connectivity index (χ0v) is 9.22. The van der Waals surface area contributed by atoms with E-state index in [0.717, 1.165) is 25.9 Å². The monoisotopic (exact) mass is 200 g/mol. The summed E-state index contributed by atoms with van der Waals surface area (Å²) in [5.74, 6) is 0.544. The van der Waals surface area contributed by atoms with E-state index in [-0.39, 0.29) is 5.54 Å². The fraction of sp³-hybridized carbons (Fsp3) is 1.00. The van der Waals surface area contributed by atoms with Gasteiger partial charge in [-0.15, -0.1) is 0 Å². The summed E-state index contributed by atoms with van der Waals surface area (Å²) in [6.07, 6.45) is 3.41. The molecule has 0 aromatic heterocycles.